The number of hydrogen-bond acceptors (Lipinski definition) is 3. The second-order valence-electron chi connectivity index (χ2n) is 5.98. The van der Waals surface area contributed by atoms with Gasteiger partial charge in [-0.15, -0.1) is 0 Å². The van der Waals surface area contributed by atoms with E-state index >= 15 is 0 Å². The third kappa shape index (κ3) is 6.31. The van der Waals surface area contributed by atoms with Crippen LogP contribution in [-0.4, -0.2) is 38.9 Å². The van der Waals surface area contributed by atoms with Crippen molar-refractivity contribution in [3.8, 4) is 0 Å². The summed E-state index contributed by atoms with van der Waals surface area (Å²) in [5.74, 6) is 0.335. The molecule has 0 fully saturated rings. The fourth-order valence-corrected chi connectivity index (χ4v) is 3.23. The number of benzene rings is 1. The smallest absolute Gasteiger partial charge is 0.240 e. The predicted octanol–water partition coefficient (Wildman–Crippen LogP) is 2.74. The van der Waals surface area contributed by atoms with Crippen molar-refractivity contribution in [1.29, 1.82) is 0 Å². The third-order valence-electron chi connectivity index (χ3n) is 3.76. The number of amides is 1. The maximum atomic E-state index is 12.3. The molecule has 1 N–H and O–H groups in total. The highest BCUT2D eigenvalue weighted by molar-refractivity contribution is 7.89. The van der Waals surface area contributed by atoms with Gasteiger partial charge in [-0.1, -0.05) is 39.3 Å². The Hall–Kier alpha value is -1.40. The summed E-state index contributed by atoms with van der Waals surface area (Å²) in [6.07, 6.45) is 1.92. The number of hydrogen-bond donors (Lipinski definition) is 1. The molecule has 0 spiro atoms. The highest BCUT2D eigenvalue weighted by Crippen LogP contribution is 2.17. The normalized spacial score (nSPS) is 11.7. The summed E-state index contributed by atoms with van der Waals surface area (Å²) in [6.45, 7) is 8.96. The first kappa shape index (κ1) is 19.6. The second kappa shape index (κ2) is 9.03. The molecule has 1 amide bonds. The van der Waals surface area contributed by atoms with E-state index in [1.807, 2.05) is 12.1 Å². The van der Waals surface area contributed by atoms with E-state index in [0.717, 1.165) is 18.4 Å². The van der Waals surface area contributed by atoms with Crippen LogP contribution in [0, 0.1) is 0 Å². The number of unbranched alkanes of at least 4 members (excludes halogenated alkanes) is 1. The standard InChI is InChI=1S/C17H28N2O3S/c1-5-6-12-19(15(4)20)13-11-18-23(21,22)17-9-7-16(8-10-17)14(2)3/h7-10,14,18H,5-6,11-13H2,1-4H3. The molecule has 0 aliphatic heterocycles. The predicted molar refractivity (Wildman–Crippen MR) is 92.9 cm³/mol. The highest BCUT2D eigenvalue weighted by Gasteiger charge is 2.15. The van der Waals surface area contributed by atoms with Crippen molar-refractivity contribution in [2.75, 3.05) is 19.6 Å². The molecule has 0 atom stereocenters. The van der Waals surface area contributed by atoms with Crippen LogP contribution in [0.25, 0.3) is 0 Å². The summed E-state index contributed by atoms with van der Waals surface area (Å²) in [4.78, 5) is 13.5. The Balaban J connectivity index is 2.62. The SMILES string of the molecule is CCCCN(CCNS(=O)(=O)c1ccc(C(C)C)cc1)C(C)=O. The molecule has 1 aromatic carbocycles. The van der Waals surface area contributed by atoms with Gasteiger partial charge in [0.25, 0.3) is 0 Å². The van der Waals surface area contributed by atoms with Crippen LogP contribution in [0.3, 0.4) is 0 Å². The molecule has 1 aromatic rings. The van der Waals surface area contributed by atoms with Crippen LogP contribution in [0.15, 0.2) is 29.2 Å². The summed E-state index contributed by atoms with van der Waals surface area (Å²) in [7, 11) is -3.53. The summed E-state index contributed by atoms with van der Waals surface area (Å²) in [5.41, 5.74) is 1.10. The average Bonchev–Trinajstić information content (AvgIpc) is 2.50. The fraction of sp³-hybridized carbons (Fsp3) is 0.588. The van der Waals surface area contributed by atoms with E-state index in [1.165, 1.54) is 6.92 Å². The van der Waals surface area contributed by atoms with Crippen LogP contribution in [0.4, 0.5) is 0 Å². The molecule has 0 bridgehead atoms. The Kier molecular flexibility index (Phi) is 7.72. The van der Waals surface area contributed by atoms with Crippen molar-refractivity contribution in [2.45, 2.75) is 51.3 Å². The van der Waals surface area contributed by atoms with E-state index in [4.69, 9.17) is 0 Å². The van der Waals surface area contributed by atoms with Gasteiger partial charge in [-0.05, 0) is 30.0 Å². The van der Waals surface area contributed by atoms with Gasteiger partial charge in [0, 0.05) is 26.6 Å². The molecule has 5 nitrogen and oxygen atoms in total. The average molecular weight is 340 g/mol. The van der Waals surface area contributed by atoms with Crippen LogP contribution in [0.1, 0.15) is 52.0 Å². The zero-order chi connectivity index (χ0) is 17.5. The minimum Gasteiger partial charge on any atom is -0.342 e. The van der Waals surface area contributed by atoms with Crippen molar-refractivity contribution < 1.29 is 13.2 Å². The molecule has 0 heterocycles. The number of rotatable bonds is 9. The second-order valence-corrected chi connectivity index (χ2v) is 7.75. The van der Waals surface area contributed by atoms with Gasteiger partial charge >= 0.3 is 0 Å². The molecule has 0 aromatic heterocycles. The van der Waals surface area contributed by atoms with Crippen LogP contribution >= 0.6 is 0 Å². The molecule has 0 aliphatic carbocycles. The molecule has 6 heteroatoms. The quantitative estimate of drug-likeness (QED) is 0.751. The lowest BCUT2D eigenvalue weighted by Crippen LogP contribution is -2.38. The van der Waals surface area contributed by atoms with Gasteiger partial charge in [0.05, 0.1) is 4.90 Å². The fourth-order valence-electron chi connectivity index (χ4n) is 2.21. The molecule has 0 unspecified atom stereocenters. The Labute approximate surface area is 140 Å². The van der Waals surface area contributed by atoms with Crippen molar-refractivity contribution in [2.24, 2.45) is 0 Å². The Morgan fingerprint density at radius 2 is 1.78 bits per heavy atom. The maximum Gasteiger partial charge on any atom is 0.240 e. The first-order valence-corrected chi connectivity index (χ1v) is 9.61. The van der Waals surface area contributed by atoms with E-state index < -0.39 is 10.0 Å². The molecule has 0 aliphatic rings. The minimum atomic E-state index is -3.53. The lowest BCUT2D eigenvalue weighted by molar-refractivity contribution is -0.128. The van der Waals surface area contributed by atoms with Crippen molar-refractivity contribution in [1.82, 2.24) is 9.62 Å². The molecule has 23 heavy (non-hydrogen) atoms. The van der Waals surface area contributed by atoms with E-state index in [9.17, 15) is 13.2 Å². The largest absolute Gasteiger partial charge is 0.342 e. The maximum absolute atomic E-state index is 12.3. The lowest BCUT2D eigenvalue weighted by atomic mass is 10.0. The first-order chi connectivity index (χ1) is 10.8. The van der Waals surface area contributed by atoms with Gasteiger partial charge < -0.3 is 4.90 Å². The Morgan fingerprint density at radius 1 is 1.17 bits per heavy atom. The van der Waals surface area contributed by atoms with E-state index in [0.29, 0.717) is 19.0 Å². The molecular weight excluding hydrogens is 312 g/mol. The Morgan fingerprint density at radius 3 is 2.26 bits per heavy atom. The van der Waals surface area contributed by atoms with Crippen molar-refractivity contribution >= 4 is 15.9 Å². The van der Waals surface area contributed by atoms with Crippen molar-refractivity contribution in [3.05, 3.63) is 29.8 Å². The van der Waals surface area contributed by atoms with E-state index in [-0.39, 0.29) is 17.3 Å². The lowest BCUT2D eigenvalue weighted by Gasteiger charge is -2.21. The summed E-state index contributed by atoms with van der Waals surface area (Å²) in [5, 5.41) is 0. The molecule has 0 saturated heterocycles. The highest BCUT2D eigenvalue weighted by atomic mass is 32.2. The Bertz CT molecular complexity index is 595. The topological polar surface area (TPSA) is 66.5 Å². The van der Waals surface area contributed by atoms with Crippen molar-refractivity contribution in [3.63, 3.8) is 0 Å². The monoisotopic (exact) mass is 340 g/mol. The molecule has 130 valence electrons. The van der Waals surface area contributed by atoms with Crippen LogP contribution in [0.5, 0.6) is 0 Å². The van der Waals surface area contributed by atoms with E-state index in [1.54, 1.807) is 17.0 Å². The van der Waals surface area contributed by atoms with Gasteiger partial charge in [-0.2, -0.15) is 0 Å². The number of sulfonamides is 1. The summed E-state index contributed by atoms with van der Waals surface area (Å²) in [6, 6.07) is 6.92. The minimum absolute atomic E-state index is 0.0288. The first-order valence-electron chi connectivity index (χ1n) is 8.13. The van der Waals surface area contributed by atoms with Gasteiger partial charge in [0.1, 0.15) is 0 Å². The van der Waals surface area contributed by atoms with Gasteiger partial charge in [0.15, 0.2) is 0 Å². The van der Waals surface area contributed by atoms with Gasteiger partial charge in [-0.25, -0.2) is 13.1 Å². The van der Waals surface area contributed by atoms with Gasteiger partial charge in [0.2, 0.25) is 15.9 Å². The zero-order valence-corrected chi connectivity index (χ0v) is 15.3. The molecule has 0 radical (unpaired) electrons. The molecule has 0 saturated carbocycles. The summed E-state index contributed by atoms with van der Waals surface area (Å²) >= 11 is 0. The molecular formula is C17H28N2O3S. The van der Waals surface area contributed by atoms with Gasteiger partial charge in [-0.3, -0.25) is 4.79 Å². The summed E-state index contributed by atoms with van der Waals surface area (Å²) < 4.78 is 27.1. The number of nitrogens with one attached hydrogen (secondary N) is 1. The third-order valence-corrected chi connectivity index (χ3v) is 5.23. The zero-order valence-electron chi connectivity index (χ0n) is 14.5. The van der Waals surface area contributed by atoms with Crippen LogP contribution < -0.4 is 4.72 Å². The van der Waals surface area contributed by atoms with Crippen LogP contribution in [-0.2, 0) is 14.8 Å². The van der Waals surface area contributed by atoms with E-state index in [2.05, 4.69) is 25.5 Å². The van der Waals surface area contributed by atoms with Crippen LogP contribution in [0.2, 0.25) is 0 Å². The number of nitrogens with zero attached hydrogens (tertiary/aromatic N) is 1. The number of carbonyl (C=O) groups excluding carboxylic acids is 1. The molecule has 1 rings (SSSR count). The number of carbonyl (C=O) groups is 1.